The average Bonchev–Trinajstić information content (AvgIpc) is 3.96. The van der Waals surface area contributed by atoms with Crippen LogP contribution in [0, 0.1) is 0 Å². The zero-order valence-corrected chi connectivity index (χ0v) is 32.2. The third-order valence-corrected chi connectivity index (χ3v) is 12.8. The van der Waals surface area contributed by atoms with Crippen molar-refractivity contribution in [3.05, 3.63) is 206 Å². The molecule has 9 aromatic carbocycles. The molecule has 58 heavy (non-hydrogen) atoms. The number of thiophene rings is 1. The summed E-state index contributed by atoms with van der Waals surface area (Å²) in [5, 5.41) is 8.59. The van der Waals surface area contributed by atoms with Gasteiger partial charge in [-0.1, -0.05) is 146 Å². The van der Waals surface area contributed by atoms with Gasteiger partial charge in [0.05, 0.1) is 11.2 Å². The second-order valence-electron chi connectivity index (χ2n) is 14.9. The minimum atomic E-state index is 0.867. The number of furan rings is 1. The van der Waals surface area contributed by atoms with Crippen molar-refractivity contribution < 1.29 is 4.42 Å². The smallest absolute Gasteiger partial charge is 0.159 e. The van der Waals surface area contributed by atoms with Crippen molar-refractivity contribution in [1.82, 2.24) is 4.57 Å². The van der Waals surface area contributed by atoms with Crippen LogP contribution in [-0.4, -0.2) is 4.57 Å². The minimum Gasteiger partial charge on any atom is -0.454 e. The fourth-order valence-corrected chi connectivity index (χ4v) is 10.3. The van der Waals surface area contributed by atoms with Crippen LogP contribution in [0.15, 0.2) is 211 Å². The predicted molar refractivity (Wildman–Crippen MR) is 247 cm³/mol. The largest absolute Gasteiger partial charge is 0.454 e. The standard InChI is InChI=1S/C54H34N2OS/c1-2-15-38(16-3-1)56-47-23-8-6-19-46(47)52-51-43(21-12-26-50(51)58-54(52)56)37-29-33-40(34-30-37)55(48-24-11-22-45-44-18-7-9-25-49(44)57-53(45)48)39-31-27-36(28-32-39)42-20-10-14-35-13-4-5-17-41(35)42/h1-34H. The first-order valence-corrected chi connectivity index (χ1v) is 20.5. The maximum absolute atomic E-state index is 6.65. The van der Waals surface area contributed by atoms with Gasteiger partial charge in [0.2, 0.25) is 0 Å². The summed E-state index contributed by atoms with van der Waals surface area (Å²) >= 11 is 1.87. The Morgan fingerprint density at radius 1 is 0.431 bits per heavy atom. The van der Waals surface area contributed by atoms with Crippen LogP contribution < -0.4 is 4.90 Å². The molecule has 0 fully saturated rings. The highest BCUT2D eigenvalue weighted by Crippen LogP contribution is 2.47. The van der Waals surface area contributed by atoms with Crippen LogP contribution in [0.5, 0.6) is 0 Å². The summed E-state index contributed by atoms with van der Waals surface area (Å²) in [5.41, 5.74) is 12.1. The van der Waals surface area contributed by atoms with Gasteiger partial charge in [0.15, 0.2) is 5.58 Å². The van der Waals surface area contributed by atoms with Crippen LogP contribution in [0.1, 0.15) is 0 Å². The van der Waals surface area contributed by atoms with E-state index in [1.807, 2.05) is 17.4 Å². The number of rotatable bonds is 6. The molecule has 0 saturated carbocycles. The predicted octanol–water partition coefficient (Wildman–Crippen LogP) is 15.9. The lowest BCUT2D eigenvalue weighted by Gasteiger charge is -2.26. The Balaban J connectivity index is 1.02. The number of nitrogens with zero attached hydrogens (tertiary/aromatic N) is 2. The molecule has 4 heteroatoms. The van der Waals surface area contributed by atoms with E-state index in [0.717, 1.165) is 39.0 Å². The van der Waals surface area contributed by atoms with E-state index in [1.54, 1.807) is 0 Å². The third kappa shape index (κ3) is 5.05. The highest BCUT2D eigenvalue weighted by atomic mass is 32.1. The lowest BCUT2D eigenvalue weighted by atomic mass is 9.97. The lowest BCUT2D eigenvalue weighted by molar-refractivity contribution is 0.669. The molecule has 0 atom stereocenters. The zero-order valence-electron chi connectivity index (χ0n) is 31.3. The first-order chi connectivity index (χ1) is 28.8. The molecular formula is C54H34N2OS. The summed E-state index contributed by atoms with van der Waals surface area (Å²) in [6, 6.07) is 74.2. The number of hydrogen-bond donors (Lipinski definition) is 0. The number of anilines is 3. The first kappa shape index (κ1) is 32.8. The first-order valence-electron chi connectivity index (χ1n) is 19.7. The summed E-state index contributed by atoms with van der Waals surface area (Å²) in [6.45, 7) is 0. The monoisotopic (exact) mass is 758 g/mol. The van der Waals surface area contributed by atoms with Gasteiger partial charge in [0.25, 0.3) is 0 Å². The fraction of sp³-hybridized carbons (Fsp3) is 0. The van der Waals surface area contributed by atoms with Gasteiger partial charge in [-0.25, -0.2) is 0 Å². The Labute approximate surface area is 338 Å². The van der Waals surface area contributed by atoms with Crippen molar-refractivity contribution in [2.75, 3.05) is 4.90 Å². The Morgan fingerprint density at radius 3 is 1.84 bits per heavy atom. The molecule has 0 aliphatic heterocycles. The van der Waals surface area contributed by atoms with E-state index in [1.165, 1.54) is 69.9 Å². The quantitative estimate of drug-likeness (QED) is 0.168. The highest BCUT2D eigenvalue weighted by Gasteiger charge is 2.22. The molecule has 12 rings (SSSR count). The Bertz CT molecular complexity index is 3500. The number of para-hydroxylation sites is 4. The average molecular weight is 759 g/mol. The maximum atomic E-state index is 6.65. The van der Waals surface area contributed by atoms with E-state index in [9.17, 15) is 0 Å². The summed E-state index contributed by atoms with van der Waals surface area (Å²) in [7, 11) is 0. The Hall–Kier alpha value is -7.40. The molecular weight excluding hydrogens is 725 g/mol. The number of benzene rings is 9. The van der Waals surface area contributed by atoms with E-state index >= 15 is 0 Å². The molecule has 3 heterocycles. The van der Waals surface area contributed by atoms with Crippen molar-refractivity contribution in [3.63, 3.8) is 0 Å². The minimum absolute atomic E-state index is 0.867. The summed E-state index contributed by atoms with van der Waals surface area (Å²) in [5.74, 6) is 0. The SMILES string of the molecule is c1ccc(-n2c3ccccc3c3c4c(-c5ccc(N(c6ccc(-c7cccc8ccccc78)cc6)c6cccc7c6oc6ccccc67)cc5)cccc4sc32)cc1. The second-order valence-corrected chi connectivity index (χ2v) is 15.9. The molecule has 3 nitrogen and oxygen atoms in total. The van der Waals surface area contributed by atoms with E-state index in [2.05, 4.69) is 210 Å². The van der Waals surface area contributed by atoms with Gasteiger partial charge in [-0.15, -0.1) is 11.3 Å². The number of aromatic nitrogens is 1. The Kier molecular flexibility index (Phi) is 7.40. The van der Waals surface area contributed by atoms with Gasteiger partial charge in [-0.3, -0.25) is 0 Å². The normalized spacial score (nSPS) is 11.8. The van der Waals surface area contributed by atoms with Crippen molar-refractivity contribution in [3.8, 4) is 27.9 Å². The van der Waals surface area contributed by atoms with Gasteiger partial charge < -0.3 is 13.9 Å². The summed E-state index contributed by atoms with van der Waals surface area (Å²) < 4.78 is 10.4. The van der Waals surface area contributed by atoms with E-state index in [-0.39, 0.29) is 0 Å². The van der Waals surface area contributed by atoms with E-state index < -0.39 is 0 Å². The summed E-state index contributed by atoms with van der Waals surface area (Å²) in [6.07, 6.45) is 0. The molecule has 0 N–H and O–H groups in total. The van der Waals surface area contributed by atoms with E-state index in [4.69, 9.17) is 4.42 Å². The molecule has 12 aromatic rings. The molecule has 0 radical (unpaired) electrons. The van der Waals surface area contributed by atoms with Crippen LogP contribution in [0.3, 0.4) is 0 Å². The molecule has 0 bridgehead atoms. The second kappa shape index (κ2) is 13.1. The lowest BCUT2D eigenvalue weighted by Crippen LogP contribution is -2.10. The molecule has 0 unspecified atom stereocenters. The van der Waals surface area contributed by atoms with Crippen LogP contribution in [0.2, 0.25) is 0 Å². The van der Waals surface area contributed by atoms with Gasteiger partial charge in [-0.05, 0) is 93.7 Å². The number of fused-ring (bicyclic) bond motifs is 9. The van der Waals surface area contributed by atoms with Crippen molar-refractivity contribution in [2.24, 2.45) is 0 Å². The van der Waals surface area contributed by atoms with Crippen LogP contribution >= 0.6 is 11.3 Å². The Morgan fingerprint density at radius 2 is 1.03 bits per heavy atom. The van der Waals surface area contributed by atoms with Crippen molar-refractivity contribution in [1.29, 1.82) is 0 Å². The topological polar surface area (TPSA) is 21.3 Å². The third-order valence-electron chi connectivity index (χ3n) is 11.6. The molecule has 272 valence electrons. The molecule has 0 spiro atoms. The highest BCUT2D eigenvalue weighted by molar-refractivity contribution is 7.26. The van der Waals surface area contributed by atoms with Gasteiger partial charge in [-0.2, -0.15) is 0 Å². The molecule has 0 aliphatic carbocycles. The molecule has 0 aliphatic rings. The van der Waals surface area contributed by atoms with Crippen LogP contribution in [0.25, 0.3) is 91.9 Å². The maximum Gasteiger partial charge on any atom is 0.159 e. The zero-order chi connectivity index (χ0) is 38.2. The molecule has 3 aromatic heterocycles. The number of hydrogen-bond acceptors (Lipinski definition) is 3. The van der Waals surface area contributed by atoms with Crippen molar-refractivity contribution in [2.45, 2.75) is 0 Å². The van der Waals surface area contributed by atoms with E-state index in [0.29, 0.717) is 0 Å². The van der Waals surface area contributed by atoms with Crippen LogP contribution in [-0.2, 0) is 0 Å². The summed E-state index contributed by atoms with van der Waals surface area (Å²) in [4.78, 5) is 3.60. The van der Waals surface area contributed by atoms with Gasteiger partial charge in [0, 0.05) is 48.7 Å². The molecule has 0 amide bonds. The molecule has 0 saturated heterocycles. The van der Waals surface area contributed by atoms with Gasteiger partial charge >= 0.3 is 0 Å². The fourth-order valence-electron chi connectivity index (χ4n) is 9.00. The van der Waals surface area contributed by atoms with Crippen molar-refractivity contribution >= 4 is 92.3 Å². The van der Waals surface area contributed by atoms with Crippen LogP contribution in [0.4, 0.5) is 17.1 Å². The van der Waals surface area contributed by atoms with Gasteiger partial charge in [0.1, 0.15) is 10.4 Å².